The van der Waals surface area contributed by atoms with Gasteiger partial charge in [0, 0.05) is 0 Å². The summed E-state index contributed by atoms with van der Waals surface area (Å²) in [4.78, 5) is 15.7. The standard InChI is InChI=1S/C13H9Cl2N3O2S/c1-5-9(12(19)20)6(2)18(17-5)13-16-11-8(21-13)4-3-7(14)10(11)15/h3-4H,1-2H3,(H,19,20). The van der Waals surface area contributed by atoms with E-state index in [1.165, 1.54) is 16.0 Å². The summed E-state index contributed by atoms with van der Waals surface area (Å²) in [7, 11) is 0. The molecule has 0 aliphatic carbocycles. The van der Waals surface area contributed by atoms with Gasteiger partial charge in [-0.25, -0.2) is 14.5 Å². The average Bonchev–Trinajstić information content (AvgIpc) is 2.95. The molecule has 2 heterocycles. The first kappa shape index (κ1) is 14.3. The quantitative estimate of drug-likeness (QED) is 0.761. The fourth-order valence-corrected chi connectivity index (χ4v) is 3.55. The van der Waals surface area contributed by atoms with E-state index >= 15 is 0 Å². The first-order valence-corrected chi connectivity index (χ1v) is 7.52. The zero-order valence-corrected chi connectivity index (χ0v) is 13.3. The Kier molecular flexibility index (Phi) is 3.39. The van der Waals surface area contributed by atoms with Gasteiger partial charge in [0.1, 0.15) is 11.1 Å². The SMILES string of the molecule is Cc1nn(-c2nc3c(Cl)c(Cl)ccc3s2)c(C)c1C(=O)O. The molecule has 21 heavy (non-hydrogen) atoms. The van der Waals surface area contributed by atoms with Gasteiger partial charge < -0.3 is 5.11 Å². The second kappa shape index (κ2) is 4.98. The Hall–Kier alpha value is -1.63. The number of aromatic carboxylic acids is 1. The summed E-state index contributed by atoms with van der Waals surface area (Å²) in [5, 5.41) is 14.8. The number of carbonyl (C=O) groups is 1. The smallest absolute Gasteiger partial charge is 0.339 e. The number of aryl methyl sites for hydroxylation is 1. The van der Waals surface area contributed by atoms with E-state index < -0.39 is 5.97 Å². The molecule has 2 aromatic heterocycles. The van der Waals surface area contributed by atoms with Crippen LogP contribution >= 0.6 is 34.5 Å². The molecule has 5 nitrogen and oxygen atoms in total. The van der Waals surface area contributed by atoms with Gasteiger partial charge in [-0.2, -0.15) is 5.10 Å². The lowest BCUT2D eigenvalue weighted by atomic mass is 10.2. The molecule has 8 heteroatoms. The van der Waals surface area contributed by atoms with Crippen molar-refractivity contribution in [2.75, 3.05) is 0 Å². The molecule has 1 N–H and O–H groups in total. The monoisotopic (exact) mass is 341 g/mol. The van der Waals surface area contributed by atoms with Crippen LogP contribution in [0.25, 0.3) is 15.3 Å². The van der Waals surface area contributed by atoms with Crippen molar-refractivity contribution >= 4 is 50.7 Å². The van der Waals surface area contributed by atoms with Gasteiger partial charge in [0.05, 0.1) is 26.1 Å². The summed E-state index contributed by atoms with van der Waals surface area (Å²) in [6.45, 7) is 3.36. The van der Waals surface area contributed by atoms with Crippen LogP contribution in [0.5, 0.6) is 0 Å². The third kappa shape index (κ3) is 2.19. The molecule has 0 saturated heterocycles. The van der Waals surface area contributed by atoms with Crippen LogP contribution in [0, 0.1) is 13.8 Å². The van der Waals surface area contributed by atoms with E-state index in [1.54, 1.807) is 19.9 Å². The maximum atomic E-state index is 11.2. The van der Waals surface area contributed by atoms with E-state index in [2.05, 4.69) is 10.1 Å². The number of hydrogen-bond acceptors (Lipinski definition) is 4. The normalized spacial score (nSPS) is 11.2. The van der Waals surface area contributed by atoms with Crippen LogP contribution in [-0.2, 0) is 0 Å². The molecule has 0 radical (unpaired) electrons. The highest BCUT2D eigenvalue weighted by Crippen LogP contribution is 2.35. The van der Waals surface area contributed by atoms with E-state index in [9.17, 15) is 9.90 Å². The number of halogens is 2. The predicted octanol–water partition coefficient (Wildman–Crippen LogP) is 4.10. The second-order valence-corrected chi connectivity index (χ2v) is 6.26. The van der Waals surface area contributed by atoms with Gasteiger partial charge in [0.15, 0.2) is 0 Å². The molecule has 3 aromatic rings. The topological polar surface area (TPSA) is 68.0 Å². The first-order valence-electron chi connectivity index (χ1n) is 5.94. The van der Waals surface area contributed by atoms with Crippen LogP contribution in [0.1, 0.15) is 21.7 Å². The summed E-state index contributed by atoms with van der Waals surface area (Å²) < 4.78 is 2.39. The fraction of sp³-hybridized carbons (Fsp3) is 0.154. The summed E-state index contributed by atoms with van der Waals surface area (Å²) in [6, 6.07) is 3.53. The summed E-state index contributed by atoms with van der Waals surface area (Å²) >= 11 is 13.5. The lowest BCUT2D eigenvalue weighted by molar-refractivity contribution is 0.0695. The molecular weight excluding hydrogens is 333 g/mol. The third-order valence-corrected chi connectivity index (χ3v) is 4.92. The van der Waals surface area contributed by atoms with Crippen LogP contribution in [0.4, 0.5) is 0 Å². The van der Waals surface area contributed by atoms with Gasteiger partial charge in [0.25, 0.3) is 0 Å². The molecular formula is C13H9Cl2N3O2S. The number of benzene rings is 1. The zero-order valence-electron chi connectivity index (χ0n) is 11.0. The van der Waals surface area contributed by atoms with Crippen molar-refractivity contribution in [1.82, 2.24) is 14.8 Å². The van der Waals surface area contributed by atoms with Crippen LogP contribution in [0.2, 0.25) is 10.0 Å². The Bertz CT molecular complexity index is 885. The first-order chi connectivity index (χ1) is 9.90. The Balaban J connectivity index is 2.24. The highest BCUT2D eigenvalue weighted by Gasteiger charge is 2.21. The second-order valence-electron chi connectivity index (χ2n) is 4.47. The molecule has 0 aliphatic heterocycles. The summed E-state index contributed by atoms with van der Waals surface area (Å²) in [5.41, 5.74) is 1.76. The van der Waals surface area contributed by atoms with E-state index in [-0.39, 0.29) is 5.56 Å². The molecule has 0 spiro atoms. The third-order valence-electron chi connectivity index (χ3n) is 3.13. The Morgan fingerprint density at radius 2 is 2.05 bits per heavy atom. The number of aromatic nitrogens is 3. The van der Waals surface area contributed by atoms with Crippen molar-refractivity contribution in [3.63, 3.8) is 0 Å². The van der Waals surface area contributed by atoms with Crippen LogP contribution < -0.4 is 0 Å². The Morgan fingerprint density at radius 3 is 2.67 bits per heavy atom. The lowest BCUT2D eigenvalue weighted by Gasteiger charge is -1.98. The molecule has 0 atom stereocenters. The number of fused-ring (bicyclic) bond motifs is 1. The van der Waals surface area contributed by atoms with Gasteiger partial charge in [-0.1, -0.05) is 34.5 Å². The van der Waals surface area contributed by atoms with Gasteiger partial charge in [-0.05, 0) is 26.0 Å². The number of carboxylic acid groups (broad SMARTS) is 1. The molecule has 0 bridgehead atoms. The maximum Gasteiger partial charge on any atom is 0.339 e. The fourth-order valence-electron chi connectivity index (χ4n) is 2.15. The number of nitrogens with zero attached hydrogens (tertiary/aromatic N) is 3. The molecule has 3 rings (SSSR count). The number of rotatable bonds is 2. The molecule has 0 unspecified atom stereocenters. The molecule has 108 valence electrons. The van der Waals surface area contributed by atoms with Crippen molar-refractivity contribution in [2.45, 2.75) is 13.8 Å². The molecule has 0 aliphatic rings. The predicted molar refractivity (Wildman–Crippen MR) is 83.2 cm³/mol. The lowest BCUT2D eigenvalue weighted by Crippen LogP contribution is -2.02. The van der Waals surface area contributed by atoms with Crippen LogP contribution in [-0.4, -0.2) is 25.8 Å². The summed E-state index contributed by atoms with van der Waals surface area (Å²) in [5.74, 6) is -1.00. The van der Waals surface area contributed by atoms with E-state index in [4.69, 9.17) is 23.2 Å². The van der Waals surface area contributed by atoms with E-state index in [1.807, 2.05) is 6.07 Å². The molecule has 0 amide bonds. The minimum atomic E-state index is -1.00. The Labute approximate surface area is 133 Å². The van der Waals surface area contributed by atoms with Crippen molar-refractivity contribution in [2.24, 2.45) is 0 Å². The molecule has 1 aromatic carbocycles. The minimum Gasteiger partial charge on any atom is -0.478 e. The minimum absolute atomic E-state index is 0.193. The van der Waals surface area contributed by atoms with Gasteiger partial charge >= 0.3 is 5.97 Å². The van der Waals surface area contributed by atoms with Crippen molar-refractivity contribution in [1.29, 1.82) is 0 Å². The Morgan fingerprint density at radius 1 is 1.33 bits per heavy atom. The number of thiazole rings is 1. The molecule has 0 fully saturated rings. The van der Waals surface area contributed by atoms with Crippen LogP contribution in [0.3, 0.4) is 0 Å². The van der Waals surface area contributed by atoms with Crippen molar-refractivity contribution in [3.05, 3.63) is 39.1 Å². The van der Waals surface area contributed by atoms with Gasteiger partial charge in [0.2, 0.25) is 5.13 Å². The van der Waals surface area contributed by atoms with Gasteiger partial charge in [-0.3, -0.25) is 0 Å². The van der Waals surface area contributed by atoms with Crippen molar-refractivity contribution in [3.8, 4) is 5.13 Å². The maximum absolute atomic E-state index is 11.2. The van der Waals surface area contributed by atoms with E-state index in [0.717, 1.165) is 4.70 Å². The van der Waals surface area contributed by atoms with Crippen LogP contribution in [0.15, 0.2) is 12.1 Å². The van der Waals surface area contributed by atoms with Gasteiger partial charge in [-0.15, -0.1) is 0 Å². The van der Waals surface area contributed by atoms with Crippen molar-refractivity contribution < 1.29 is 9.90 Å². The molecule has 0 saturated carbocycles. The summed E-state index contributed by atoms with van der Waals surface area (Å²) in [6.07, 6.45) is 0. The highest BCUT2D eigenvalue weighted by molar-refractivity contribution is 7.20. The zero-order chi connectivity index (χ0) is 15.3. The highest BCUT2D eigenvalue weighted by atomic mass is 35.5. The number of hydrogen-bond donors (Lipinski definition) is 1. The largest absolute Gasteiger partial charge is 0.478 e. The van der Waals surface area contributed by atoms with E-state index in [0.29, 0.717) is 32.1 Å². The number of carboxylic acids is 1. The average molecular weight is 342 g/mol.